The van der Waals surface area contributed by atoms with Gasteiger partial charge in [0.2, 0.25) is 0 Å². The molecule has 5 atom stereocenters. The van der Waals surface area contributed by atoms with Crippen LogP contribution in [-0.2, 0) is 37.8 Å². The summed E-state index contributed by atoms with van der Waals surface area (Å²) >= 11 is 0. The molecular weight excluding hydrogens is 540 g/mol. The fourth-order valence-electron chi connectivity index (χ4n) is 4.63. The molecule has 1 heterocycles. The van der Waals surface area contributed by atoms with Crippen LogP contribution in [0.4, 0.5) is 0 Å². The molecule has 2 aromatic carbocycles. The van der Waals surface area contributed by atoms with E-state index in [-0.39, 0.29) is 6.61 Å². The van der Waals surface area contributed by atoms with Gasteiger partial charge < -0.3 is 19.4 Å². The molecule has 37 heavy (non-hydrogen) atoms. The molecule has 10 nitrogen and oxygen atoms in total. The van der Waals surface area contributed by atoms with E-state index in [1.54, 1.807) is 0 Å². The van der Waals surface area contributed by atoms with Crippen molar-refractivity contribution in [2.24, 2.45) is 0 Å². The summed E-state index contributed by atoms with van der Waals surface area (Å²) in [6.07, 6.45) is -7.00. The Hall–Kier alpha value is -1.68. The lowest BCUT2D eigenvalue weighted by Gasteiger charge is -2.46. The van der Waals surface area contributed by atoms with Crippen LogP contribution in [0.1, 0.15) is 20.8 Å². The van der Waals surface area contributed by atoms with Crippen molar-refractivity contribution in [3.8, 4) is 0 Å². The minimum Gasteiger partial charge on any atom is -0.405 e. The van der Waals surface area contributed by atoms with Gasteiger partial charge in [-0.2, -0.15) is 16.8 Å². The molecule has 0 aliphatic carbocycles. The third-order valence-electron chi connectivity index (χ3n) is 6.09. The molecular formula is C24H34O10S2Si. The Kier molecular flexibility index (Phi) is 9.04. The van der Waals surface area contributed by atoms with Crippen LogP contribution in [0.5, 0.6) is 0 Å². The van der Waals surface area contributed by atoms with Gasteiger partial charge in [0.25, 0.3) is 28.6 Å². The highest BCUT2D eigenvalue weighted by Crippen LogP contribution is 2.37. The molecule has 0 bridgehead atoms. The molecule has 2 N–H and O–H groups in total. The number of aliphatic hydroxyl groups is 2. The SMILES string of the molecule is CC(C)(C)[Si](OC[C@H]1O[C@H](O)[C@H](OS(C)(=O)=O)[C@@H](OS(C)(=O)=O)[C@@H]1O)(c1ccccc1)c1ccccc1. The van der Waals surface area contributed by atoms with Gasteiger partial charge in [0.05, 0.1) is 19.1 Å². The molecule has 0 aromatic heterocycles. The standard InChI is InChI=1S/C24H34O10S2Si/c1-24(2,3)37(17-12-8-6-9-13-17,18-14-10-7-11-15-18)31-16-19-20(25)21(33-35(4,27)28)22(23(26)32-19)34-36(5,29)30/h6-15,19-23,25-26H,16H2,1-5H3/t19-,20-,21+,22-,23+/m1/s1. The van der Waals surface area contributed by atoms with Crippen LogP contribution in [0.15, 0.2) is 60.7 Å². The van der Waals surface area contributed by atoms with Crippen molar-refractivity contribution >= 4 is 38.9 Å². The van der Waals surface area contributed by atoms with E-state index in [1.165, 1.54) is 0 Å². The number of hydrogen-bond acceptors (Lipinski definition) is 10. The summed E-state index contributed by atoms with van der Waals surface area (Å²) in [6.45, 7) is 5.91. The van der Waals surface area contributed by atoms with Crippen molar-refractivity contribution < 1.29 is 44.6 Å². The number of benzene rings is 2. The smallest absolute Gasteiger partial charge is 0.264 e. The number of ether oxygens (including phenoxy) is 1. The maximum Gasteiger partial charge on any atom is 0.264 e. The highest BCUT2D eigenvalue weighted by Gasteiger charge is 2.53. The first-order chi connectivity index (χ1) is 17.1. The minimum atomic E-state index is -4.18. The number of hydrogen-bond donors (Lipinski definition) is 2. The van der Waals surface area contributed by atoms with Crippen LogP contribution in [0, 0.1) is 0 Å². The van der Waals surface area contributed by atoms with Crippen molar-refractivity contribution in [3.05, 3.63) is 60.7 Å². The van der Waals surface area contributed by atoms with Gasteiger partial charge in [-0.05, 0) is 15.4 Å². The maximum absolute atomic E-state index is 11.9. The van der Waals surface area contributed by atoms with Crippen molar-refractivity contribution in [1.29, 1.82) is 0 Å². The van der Waals surface area contributed by atoms with Gasteiger partial charge in [-0.15, -0.1) is 0 Å². The molecule has 0 radical (unpaired) electrons. The Labute approximate surface area is 219 Å². The van der Waals surface area contributed by atoms with Crippen molar-refractivity contribution in [2.75, 3.05) is 19.1 Å². The van der Waals surface area contributed by atoms with Crippen molar-refractivity contribution in [1.82, 2.24) is 0 Å². The monoisotopic (exact) mass is 574 g/mol. The lowest BCUT2D eigenvalue weighted by molar-refractivity contribution is -0.273. The van der Waals surface area contributed by atoms with Gasteiger partial charge in [-0.1, -0.05) is 81.4 Å². The normalized spacial score (nSPS) is 25.6. The summed E-state index contributed by atoms with van der Waals surface area (Å²) in [5.41, 5.74) is 0. The predicted molar refractivity (Wildman–Crippen MR) is 140 cm³/mol. The van der Waals surface area contributed by atoms with E-state index >= 15 is 0 Å². The van der Waals surface area contributed by atoms with Gasteiger partial charge in [0.15, 0.2) is 12.4 Å². The third kappa shape index (κ3) is 7.05. The maximum atomic E-state index is 11.9. The van der Waals surface area contributed by atoms with Crippen LogP contribution in [-0.4, -0.2) is 85.2 Å². The van der Waals surface area contributed by atoms with Crippen LogP contribution >= 0.6 is 0 Å². The summed E-state index contributed by atoms with van der Waals surface area (Å²) in [7, 11) is -11.4. The molecule has 1 saturated heterocycles. The molecule has 0 amide bonds. The second-order valence-electron chi connectivity index (χ2n) is 10.1. The summed E-state index contributed by atoms with van der Waals surface area (Å²) in [4.78, 5) is 0. The fourth-order valence-corrected chi connectivity index (χ4v) is 10.4. The van der Waals surface area contributed by atoms with Crippen LogP contribution < -0.4 is 10.4 Å². The lowest BCUT2D eigenvalue weighted by Crippen LogP contribution is -2.68. The molecule has 0 spiro atoms. The molecule has 0 unspecified atom stereocenters. The first-order valence-corrected chi connectivity index (χ1v) is 17.1. The first-order valence-electron chi connectivity index (χ1n) is 11.6. The topological polar surface area (TPSA) is 146 Å². The first kappa shape index (κ1) is 29.9. The number of rotatable bonds is 9. The Balaban J connectivity index is 2.01. The second kappa shape index (κ2) is 11.2. The van der Waals surface area contributed by atoms with E-state index in [0.717, 1.165) is 22.9 Å². The molecule has 0 saturated carbocycles. The molecule has 1 aliphatic rings. The average Bonchev–Trinajstić information content (AvgIpc) is 2.78. The summed E-state index contributed by atoms with van der Waals surface area (Å²) in [5.74, 6) is 0. The second-order valence-corrected chi connectivity index (χ2v) is 17.6. The Morgan fingerprint density at radius 3 is 1.65 bits per heavy atom. The van der Waals surface area contributed by atoms with E-state index in [9.17, 15) is 27.0 Å². The van der Waals surface area contributed by atoms with E-state index in [1.807, 2.05) is 60.7 Å². The van der Waals surface area contributed by atoms with Crippen molar-refractivity contribution in [2.45, 2.75) is 56.5 Å². The highest BCUT2D eigenvalue weighted by atomic mass is 32.2. The minimum absolute atomic E-state index is 0.249. The summed E-state index contributed by atoms with van der Waals surface area (Å²) < 4.78 is 69.3. The lowest BCUT2D eigenvalue weighted by atomic mass is 9.99. The van der Waals surface area contributed by atoms with E-state index < -0.39 is 64.3 Å². The highest BCUT2D eigenvalue weighted by molar-refractivity contribution is 7.86. The van der Waals surface area contributed by atoms with Gasteiger partial charge in [-0.25, -0.2) is 0 Å². The van der Waals surface area contributed by atoms with E-state index in [4.69, 9.17) is 17.5 Å². The Morgan fingerprint density at radius 2 is 1.24 bits per heavy atom. The zero-order valence-corrected chi connectivity index (χ0v) is 24.0. The summed E-state index contributed by atoms with van der Waals surface area (Å²) in [6, 6.07) is 19.3. The van der Waals surface area contributed by atoms with Crippen molar-refractivity contribution in [3.63, 3.8) is 0 Å². The van der Waals surface area contributed by atoms with Gasteiger partial charge >= 0.3 is 0 Å². The molecule has 3 rings (SSSR count). The quantitative estimate of drug-likeness (QED) is 0.317. The van der Waals surface area contributed by atoms with E-state index in [0.29, 0.717) is 0 Å². The van der Waals surface area contributed by atoms with Crippen LogP contribution in [0.3, 0.4) is 0 Å². The molecule has 206 valence electrons. The largest absolute Gasteiger partial charge is 0.405 e. The van der Waals surface area contributed by atoms with Crippen LogP contribution in [0.25, 0.3) is 0 Å². The average molecular weight is 575 g/mol. The molecule has 2 aromatic rings. The summed E-state index contributed by atoms with van der Waals surface area (Å²) in [5, 5.41) is 23.1. The molecule has 13 heteroatoms. The zero-order chi connectivity index (χ0) is 27.6. The van der Waals surface area contributed by atoms with E-state index in [2.05, 4.69) is 20.8 Å². The van der Waals surface area contributed by atoms with Gasteiger partial charge in [0, 0.05) is 0 Å². The van der Waals surface area contributed by atoms with Gasteiger partial charge in [-0.3, -0.25) is 8.37 Å². The Bertz CT molecular complexity index is 1210. The Morgan fingerprint density at radius 1 is 0.811 bits per heavy atom. The third-order valence-corrected chi connectivity index (χ3v) is 12.2. The fraction of sp³-hybridized carbons (Fsp3) is 0.500. The van der Waals surface area contributed by atoms with Crippen LogP contribution in [0.2, 0.25) is 5.04 Å². The predicted octanol–water partition coefficient (Wildman–Crippen LogP) is 0.331. The number of aliphatic hydroxyl groups excluding tert-OH is 2. The molecule has 1 aliphatic heterocycles. The zero-order valence-electron chi connectivity index (χ0n) is 21.3. The van der Waals surface area contributed by atoms with Gasteiger partial charge in [0.1, 0.15) is 18.3 Å². The molecule has 1 fully saturated rings.